The third-order valence-corrected chi connectivity index (χ3v) is 4.12. The van der Waals surface area contributed by atoms with Crippen LogP contribution in [0.25, 0.3) is 0 Å². The van der Waals surface area contributed by atoms with Crippen molar-refractivity contribution in [1.29, 1.82) is 0 Å². The Morgan fingerprint density at radius 3 is 1.45 bits per heavy atom. The zero-order valence-corrected chi connectivity index (χ0v) is 13.2. The SMILES string of the molecule is NP(=O)(O)CN1CCN(CC(=O)O)CCN(CC(=O)O)CC1. The van der Waals surface area contributed by atoms with Gasteiger partial charge in [-0.05, 0) is 0 Å². The molecule has 128 valence electrons. The van der Waals surface area contributed by atoms with Gasteiger partial charge in [-0.1, -0.05) is 0 Å². The average Bonchev–Trinajstić information content (AvgIpc) is 2.41. The molecule has 1 atom stereocenters. The van der Waals surface area contributed by atoms with Crippen LogP contribution in [-0.2, 0) is 14.2 Å². The molecule has 0 aliphatic carbocycles. The summed E-state index contributed by atoms with van der Waals surface area (Å²) in [5.74, 6) is -1.94. The van der Waals surface area contributed by atoms with Crippen LogP contribution < -0.4 is 5.50 Å². The second-order valence-electron chi connectivity index (χ2n) is 5.35. The van der Waals surface area contributed by atoms with Crippen LogP contribution in [0.1, 0.15) is 0 Å². The van der Waals surface area contributed by atoms with Crippen molar-refractivity contribution in [3.8, 4) is 0 Å². The highest BCUT2D eigenvalue weighted by molar-refractivity contribution is 7.55. The van der Waals surface area contributed by atoms with E-state index >= 15 is 0 Å². The highest BCUT2D eigenvalue weighted by Gasteiger charge is 2.22. The Balaban J connectivity index is 2.74. The van der Waals surface area contributed by atoms with E-state index in [4.69, 9.17) is 15.7 Å². The summed E-state index contributed by atoms with van der Waals surface area (Å²) in [6.07, 6.45) is -0.200. The van der Waals surface area contributed by atoms with Gasteiger partial charge < -0.3 is 15.1 Å². The topological polar surface area (TPSA) is 148 Å². The highest BCUT2D eigenvalue weighted by atomic mass is 31.2. The fourth-order valence-corrected chi connectivity index (χ4v) is 3.17. The molecule has 1 aliphatic rings. The van der Waals surface area contributed by atoms with Crippen LogP contribution in [0.4, 0.5) is 0 Å². The molecule has 1 rings (SSSR count). The number of carboxylic acid groups (broad SMARTS) is 2. The largest absolute Gasteiger partial charge is 0.480 e. The number of rotatable bonds is 6. The summed E-state index contributed by atoms with van der Waals surface area (Å²) in [6, 6.07) is 0. The molecule has 0 aromatic rings. The van der Waals surface area contributed by atoms with Crippen LogP contribution in [0.2, 0.25) is 0 Å². The van der Waals surface area contributed by atoms with Gasteiger partial charge in [-0.2, -0.15) is 0 Å². The number of nitrogens with zero attached hydrogens (tertiary/aromatic N) is 3. The predicted octanol–water partition coefficient (Wildman–Crippen LogP) is -1.82. The van der Waals surface area contributed by atoms with Gasteiger partial charge in [0.25, 0.3) is 7.52 Å². The molecule has 0 bridgehead atoms. The van der Waals surface area contributed by atoms with E-state index in [1.807, 2.05) is 0 Å². The summed E-state index contributed by atoms with van der Waals surface area (Å²) in [7, 11) is -3.72. The van der Waals surface area contributed by atoms with E-state index in [2.05, 4.69) is 0 Å². The first-order chi connectivity index (χ1) is 10.2. The third kappa shape index (κ3) is 8.42. The van der Waals surface area contributed by atoms with E-state index in [1.54, 1.807) is 14.7 Å². The lowest BCUT2D eigenvalue weighted by molar-refractivity contribution is -0.140. The lowest BCUT2D eigenvalue weighted by atomic mass is 10.4. The second-order valence-corrected chi connectivity index (χ2v) is 7.15. The van der Waals surface area contributed by atoms with Gasteiger partial charge in [0.15, 0.2) is 0 Å². The van der Waals surface area contributed by atoms with Crippen molar-refractivity contribution in [3.63, 3.8) is 0 Å². The molecule has 0 aromatic heterocycles. The Morgan fingerprint density at radius 1 is 0.864 bits per heavy atom. The van der Waals surface area contributed by atoms with E-state index in [9.17, 15) is 19.0 Å². The fraction of sp³-hybridized carbons (Fsp3) is 0.818. The van der Waals surface area contributed by atoms with E-state index in [0.29, 0.717) is 39.3 Å². The number of aliphatic carboxylic acids is 2. The molecule has 0 amide bonds. The number of nitrogens with two attached hydrogens (primary N) is 1. The normalized spacial score (nSPS) is 22.3. The Kier molecular flexibility index (Phi) is 7.40. The number of hydrogen-bond acceptors (Lipinski definition) is 6. The van der Waals surface area contributed by atoms with Crippen LogP contribution >= 0.6 is 7.52 Å². The van der Waals surface area contributed by atoms with Crippen LogP contribution in [0, 0.1) is 0 Å². The Morgan fingerprint density at radius 2 is 1.18 bits per heavy atom. The van der Waals surface area contributed by atoms with Crippen LogP contribution in [0.5, 0.6) is 0 Å². The molecule has 1 fully saturated rings. The number of carboxylic acids is 2. The summed E-state index contributed by atoms with van der Waals surface area (Å²) in [4.78, 5) is 36.0. The molecule has 1 unspecified atom stereocenters. The molecule has 0 saturated carbocycles. The lowest BCUT2D eigenvalue weighted by Gasteiger charge is -2.25. The monoisotopic (exact) mass is 338 g/mol. The molecule has 11 heteroatoms. The van der Waals surface area contributed by atoms with Gasteiger partial charge in [-0.15, -0.1) is 0 Å². The number of hydrogen-bond donors (Lipinski definition) is 4. The Labute approximate surface area is 128 Å². The highest BCUT2D eigenvalue weighted by Crippen LogP contribution is 2.30. The first kappa shape index (κ1) is 19.0. The molecule has 1 saturated heterocycles. The standard InChI is InChI=1S/C11H23N4O6P/c12-22(20,21)9-15-5-3-13(7-10(16)17)1-2-14(4-6-15)8-11(18)19/h1-9H2,(H,16,17)(H,18,19)(H3,12,20,21). The predicted molar refractivity (Wildman–Crippen MR) is 78.6 cm³/mol. The minimum atomic E-state index is -3.72. The molecule has 1 heterocycles. The van der Waals surface area contributed by atoms with E-state index in [-0.39, 0.29) is 19.4 Å². The summed E-state index contributed by atoms with van der Waals surface area (Å²) in [6.45, 7) is 2.15. The van der Waals surface area contributed by atoms with Crippen molar-refractivity contribution in [2.75, 3.05) is 58.6 Å². The summed E-state index contributed by atoms with van der Waals surface area (Å²) in [5.41, 5.74) is 5.18. The average molecular weight is 338 g/mol. The molecule has 0 spiro atoms. The van der Waals surface area contributed by atoms with E-state index in [0.717, 1.165) is 0 Å². The molecule has 10 nitrogen and oxygen atoms in total. The minimum Gasteiger partial charge on any atom is -0.480 e. The maximum atomic E-state index is 11.4. The zero-order chi connectivity index (χ0) is 16.8. The first-order valence-electron chi connectivity index (χ1n) is 6.87. The van der Waals surface area contributed by atoms with Gasteiger partial charge in [-0.25, -0.2) is 0 Å². The van der Waals surface area contributed by atoms with Crippen molar-refractivity contribution >= 4 is 19.5 Å². The minimum absolute atomic E-state index is 0.159. The smallest absolute Gasteiger partial charge is 0.317 e. The first-order valence-corrected chi connectivity index (χ1v) is 8.78. The Hall–Kier alpha value is -1.03. The van der Waals surface area contributed by atoms with Crippen LogP contribution in [0.15, 0.2) is 0 Å². The maximum Gasteiger partial charge on any atom is 0.317 e. The van der Waals surface area contributed by atoms with Gasteiger partial charge in [0, 0.05) is 39.3 Å². The van der Waals surface area contributed by atoms with Gasteiger partial charge in [0.05, 0.1) is 19.4 Å². The van der Waals surface area contributed by atoms with Gasteiger partial charge in [0.1, 0.15) is 0 Å². The van der Waals surface area contributed by atoms with Crippen molar-refractivity contribution in [1.82, 2.24) is 14.7 Å². The summed E-state index contributed by atoms with van der Waals surface area (Å²) < 4.78 is 11.4. The molecule has 22 heavy (non-hydrogen) atoms. The lowest BCUT2D eigenvalue weighted by Crippen LogP contribution is -2.40. The fourth-order valence-electron chi connectivity index (χ4n) is 2.31. The van der Waals surface area contributed by atoms with Crippen molar-refractivity contribution in [2.24, 2.45) is 5.50 Å². The summed E-state index contributed by atoms with van der Waals surface area (Å²) >= 11 is 0. The van der Waals surface area contributed by atoms with Gasteiger partial charge in [0.2, 0.25) is 0 Å². The molecular weight excluding hydrogens is 315 g/mol. The molecule has 0 radical (unpaired) electrons. The van der Waals surface area contributed by atoms with Crippen molar-refractivity contribution in [3.05, 3.63) is 0 Å². The van der Waals surface area contributed by atoms with Crippen molar-refractivity contribution < 1.29 is 29.3 Å². The van der Waals surface area contributed by atoms with Gasteiger partial charge >= 0.3 is 11.9 Å². The molecule has 1 aliphatic heterocycles. The molecular formula is C11H23N4O6P. The molecule has 0 aromatic carbocycles. The van der Waals surface area contributed by atoms with Gasteiger partial charge in [-0.3, -0.25) is 34.4 Å². The van der Waals surface area contributed by atoms with Crippen LogP contribution in [0.3, 0.4) is 0 Å². The second kappa shape index (κ2) is 8.56. The maximum absolute atomic E-state index is 11.4. The quantitative estimate of drug-likeness (QED) is 0.408. The van der Waals surface area contributed by atoms with Crippen molar-refractivity contribution in [2.45, 2.75) is 0 Å². The summed E-state index contributed by atoms with van der Waals surface area (Å²) in [5, 5.41) is 17.8. The third-order valence-electron chi connectivity index (χ3n) is 3.32. The van der Waals surface area contributed by atoms with E-state index < -0.39 is 19.5 Å². The zero-order valence-electron chi connectivity index (χ0n) is 12.3. The van der Waals surface area contributed by atoms with E-state index in [1.165, 1.54) is 0 Å². The number of carbonyl (C=O) groups is 2. The Bertz CT molecular complexity index is 414. The molecule has 5 N–H and O–H groups in total. The van der Waals surface area contributed by atoms with Crippen LogP contribution in [-0.4, -0.2) is 100 Å².